The minimum Gasteiger partial charge on any atom is -0.366 e. The van der Waals surface area contributed by atoms with Crippen molar-refractivity contribution in [1.82, 2.24) is 64.6 Å². The van der Waals surface area contributed by atoms with E-state index in [0.29, 0.717) is 45.4 Å². The third kappa shape index (κ3) is 13.5. The predicted octanol–water partition coefficient (Wildman–Crippen LogP) is 8.86. The third-order valence-electron chi connectivity index (χ3n) is 11.8. The van der Waals surface area contributed by atoms with Gasteiger partial charge in [-0.3, -0.25) is 19.5 Å². The average Bonchev–Trinajstić information content (AvgIpc) is 4.27. The Morgan fingerprint density at radius 1 is 0.588 bits per heavy atom. The van der Waals surface area contributed by atoms with Crippen LogP contribution in [-0.4, -0.2) is 82.4 Å². The molecule has 80 heavy (non-hydrogen) atoms. The number of amides is 3. The minimum absolute atomic E-state index is 0.0383. The van der Waals surface area contributed by atoms with Crippen LogP contribution in [0.25, 0.3) is 80.4 Å². The Bertz CT molecular complexity index is 4000. The highest BCUT2D eigenvalue weighted by Crippen LogP contribution is 2.33. The van der Waals surface area contributed by atoms with E-state index in [0.717, 1.165) is 56.4 Å². The maximum Gasteiger partial charge on any atom is 0.416 e. The van der Waals surface area contributed by atoms with Gasteiger partial charge in [0.05, 0.1) is 50.9 Å². The van der Waals surface area contributed by atoms with Crippen molar-refractivity contribution in [2.24, 2.45) is 17.2 Å². The zero-order valence-corrected chi connectivity index (χ0v) is 43.9. The van der Waals surface area contributed by atoms with E-state index in [1.807, 2.05) is 70.2 Å². The maximum absolute atomic E-state index is 13.3. The van der Waals surface area contributed by atoms with Crippen LogP contribution in [0.2, 0.25) is 0 Å². The molecule has 0 aliphatic heterocycles. The maximum atomic E-state index is 13.3. The van der Waals surface area contributed by atoms with Crippen molar-refractivity contribution in [3.05, 3.63) is 184 Å². The van der Waals surface area contributed by atoms with E-state index in [2.05, 4.69) is 62.7 Å². The number of hydrogen-bond donors (Lipinski definition) is 4. The molecule has 406 valence electrons. The number of pyridine rings is 1. The van der Waals surface area contributed by atoms with Crippen molar-refractivity contribution >= 4 is 63.9 Å². The molecule has 6 heterocycles. The number of rotatable bonds is 12. The number of halogens is 4. The summed E-state index contributed by atoms with van der Waals surface area (Å²) < 4.78 is 61.5. The van der Waals surface area contributed by atoms with E-state index in [1.165, 1.54) is 57.3 Å². The van der Waals surface area contributed by atoms with Gasteiger partial charge in [0.15, 0.2) is 17.5 Å². The first kappa shape index (κ1) is 55.7. The summed E-state index contributed by atoms with van der Waals surface area (Å²) in [6.45, 7) is 12.9. The number of fused-ring (bicyclic) bond motifs is 1. The molecule has 0 radical (unpaired) electrons. The van der Waals surface area contributed by atoms with Gasteiger partial charge in [0.2, 0.25) is 5.95 Å². The Balaban J connectivity index is 0.000000158. The number of benzene rings is 4. The fourth-order valence-corrected chi connectivity index (χ4v) is 8.41. The fraction of sp³-hybridized carbons (Fsp3) is 0.143. The average molecular weight is 1090 g/mol. The van der Waals surface area contributed by atoms with E-state index in [1.54, 1.807) is 45.6 Å². The van der Waals surface area contributed by atoms with Crippen molar-refractivity contribution in [3.8, 4) is 34.2 Å². The number of aromatic nitrogens is 13. The molecule has 0 fully saturated rings. The van der Waals surface area contributed by atoms with Crippen LogP contribution in [0.4, 0.5) is 17.6 Å². The third-order valence-corrected chi connectivity index (χ3v) is 11.8. The Morgan fingerprint density at radius 3 is 1.52 bits per heavy atom. The smallest absolute Gasteiger partial charge is 0.366 e. The van der Waals surface area contributed by atoms with Gasteiger partial charge in [0.25, 0.3) is 17.7 Å². The number of H-pyrrole nitrogens is 1. The molecule has 24 heteroatoms. The molecule has 7 N–H and O–H groups in total. The van der Waals surface area contributed by atoms with Crippen LogP contribution in [0.3, 0.4) is 0 Å². The van der Waals surface area contributed by atoms with Gasteiger partial charge in [0, 0.05) is 40.7 Å². The zero-order chi connectivity index (χ0) is 57.6. The lowest BCUT2D eigenvalue weighted by molar-refractivity contribution is -0.137. The Morgan fingerprint density at radius 2 is 1.06 bits per heavy atom. The van der Waals surface area contributed by atoms with E-state index in [4.69, 9.17) is 21.7 Å². The van der Waals surface area contributed by atoms with Gasteiger partial charge in [0.1, 0.15) is 24.7 Å². The standard InChI is InChI=1S/C20H18N6O.C18H16F3N5O2.C18H16FN5O/c1-12-5-13(2)7-16(6-12)20-22-11-26(25-20)10-17(19(21)27)14-3-4-15-9-23-24-18(15)8-14;1-9-4-12(6-13(5-9)18(19,20)21)17-23-8-26(24-17)7-14(16(22)27)15-10(2)25-28-11(15)3;1-11-6-12(2)8-13(7-11)18-21-10-24(23-18)9-14(17(20)25)15-4-3-5-16(19)22-15/h3-11H,1-2H3,(H2,21,27)(H,23,24);4-8H,1-3H3,(H2,22,27);3-10H,1-2H3,(H2,20,25)/b17-10+;14-7+;14-9+. The highest BCUT2D eigenvalue weighted by atomic mass is 19.4. The molecule has 3 amide bonds. The van der Waals surface area contributed by atoms with Crippen LogP contribution in [0.1, 0.15) is 61.7 Å². The summed E-state index contributed by atoms with van der Waals surface area (Å²) >= 11 is 0. The van der Waals surface area contributed by atoms with Gasteiger partial charge < -0.3 is 21.7 Å². The number of primary amides is 3. The molecule has 0 saturated heterocycles. The van der Waals surface area contributed by atoms with Gasteiger partial charge >= 0.3 is 6.18 Å². The first-order valence-corrected chi connectivity index (χ1v) is 24.1. The molecule has 0 atom stereocenters. The topological polar surface area (TPSA) is 289 Å². The van der Waals surface area contributed by atoms with Gasteiger partial charge in [-0.2, -0.15) is 22.7 Å². The van der Waals surface area contributed by atoms with Crippen LogP contribution in [0.15, 0.2) is 121 Å². The molecule has 0 aliphatic rings. The summed E-state index contributed by atoms with van der Waals surface area (Å²) in [5.41, 5.74) is 25.6. The Kier molecular flexibility index (Phi) is 16.3. The second-order valence-electron chi connectivity index (χ2n) is 18.4. The monoisotopic (exact) mass is 1090 g/mol. The number of hydrogen-bond acceptors (Lipinski definition) is 13. The summed E-state index contributed by atoms with van der Waals surface area (Å²) in [6.07, 6.45) is 5.81. The van der Waals surface area contributed by atoms with Crippen molar-refractivity contribution in [3.63, 3.8) is 0 Å². The molecule has 6 aromatic heterocycles. The number of nitrogens with two attached hydrogens (primary N) is 3. The van der Waals surface area contributed by atoms with Crippen molar-refractivity contribution in [1.29, 1.82) is 0 Å². The van der Waals surface area contributed by atoms with Gasteiger partial charge in [-0.25, -0.2) is 34.0 Å². The summed E-state index contributed by atoms with van der Waals surface area (Å²) in [5.74, 6) is -1.13. The normalized spacial score (nSPS) is 12.0. The molecule has 0 spiro atoms. The molecule has 10 aromatic rings. The second-order valence-corrected chi connectivity index (χ2v) is 18.4. The van der Waals surface area contributed by atoms with Crippen LogP contribution in [0.5, 0.6) is 0 Å². The van der Waals surface area contributed by atoms with Crippen LogP contribution in [-0.2, 0) is 20.6 Å². The summed E-state index contributed by atoms with van der Waals surface area (Å²) in [7, 11) is 0. The van der Waals surface area contributed by atoms with Crippen molar-refractivity contribution < 1.29 is 36.5 Å². The number of nitrogens with zero attached hydrogens (tertiary/aromatic N) is 12. The summed E-state index contributed by atoms with van der Waals surface area (Å²) in [4.78, 5) is 51.9. The van der Waals surface area contributed by atoms with E-state index in [9.17, 15) is 31.9 Å². The second kappa shape index (κ2) is 23.4. The number of aryl methyl sites for hydroxylation is 7. The van der Waals surface area contributed by atoms with E-state index >= 15 is 0 Å². The van der Waals surface area contributed by atoms with Crippen LogP contribution < -0.4 is 17.2 Å². The fourth-order valence-electron chi connectivity index (χ4n) is 8.41. The molecule has 10 rings (SSSR count). The van der Waals surface area contributed by atoms with Crippen molar-refractivity contribution in [2.75, 3.05) is 0 Å². The Labute approximate surface area is 453 Å². The number of nitrogens with one attached hydrogen (secondary N) is 1. The molecular formula is C56H50F4N16O4. The molecule has 0 unspecified atom stereocenters. The van der Waals surface area contributed by atoms with E-state index < -0.39 is 35.4 Å². The first-order chi connectivity index (χ1) is 38.0. The molecular weight excluding hydrogens is 1040 g/mol. The van der Waals surface area contributed by atoms with Crippen molar-refractivity contribution in [2.45, 2.75) is 54.6 Å². The highest BCUT2D eigenvalue weighted by molar-refractivity contribution is 6.23. The van der Waals surface area contributed by atoms with E-state index in [-0.39, 0.29) is 28.2 Å². The lowest BCUT2D eigenvalue weighted by Crippen LogP contribution is -2.15. The van der Waals surface area contributed by atoms with Crippen LogP contribution in [0, 0.1) is 54.4 Å². The Hall–Kier alpha value is -10.5. The number of carbonyl (C=O) groups is 3. The van der Waals surface area contributed by atoms with Crippen LogP contribution >= 0.6 is 0 Å². The number of aromatic amines is 1. The highest BCUT2D eigenvalue weighted by Gasteiger charge is 2.31. The minimum atomic E-state index is -4.48. The SMILES string of the molecule is Cc1cc(-c2ncn(/C=C(/C(N)=O)c3c(C)noc3C)n2)cc(C(F)(F)F)c1.Cc1cc(C)cc(-c2ncn(/C=C(/C(N)=O)c3ccc4cn[nH]c4c3)n2)c1.Cc1cc(C)cc(-c2ncn(/C=C(/C(N)=O)c3cccc(F)n3)n2)c1. The van der Waals surface area contributed by atoms with Gasteiger partial charge in [-0.05, 0) is 120 Å². The quantitative estimate of drug-likeness (QED) is 0.0506. The first-order valence-electron chi connectivity index (χ1n) is 24.1. The molecule has 0 saturated carbocycles. The zero-order valence-electron chi connectivity index (χ0n) is 43.9. The summed E-state index contributed by atoms with van der Waals surface area (Å²) in [5, 5.41) is 24.6. The lowest BCUT2D eigenvalue weighted by atomic mass is 10.1. The predicted molar refractivity (Wildman–Crippen MR) is 291 cm³/mol. The number of carbonyl (C=O) groups excluding carboxylic acids is 3. The molecule has 0 bridgehead atoms. The summed E-state index contributed by atoms with van der Waals surface area (Å²) in [6, 6.07) is 25.4. The molecule has 0 aliphatic carbocycles. The largest absolute Gasteiger partial charge is 0.416 e. The lowest BCUT2D eigenvalue weighted by Gasteiger charge is -2.09. The molecule has 20 nitrogen and oxygen atoms in total. The number of alkyl halides is 3. The van der Waals surface area contributed by atoms with Gasteiger partial charge in [-0.1, -0.05) is 57.7 Å². The molecule has 4 aromatic carbocycles. The van der Waals surface area contributed by atoms with Gasteiger partial charge in [-0.15, -0.1) is 15.3 Å².